The Bertz CT molecular complexity index is 1560. The second-order valence-electron chi connectivity index (χ2n) is 10.1. The van der Waals surface area contributed by atoms with Crippen LogP contribution in [0.25, 0.3) is 21.8 Å². The molecule has 1 saturated heterocycles. The van der Waals surface area contributed by atoms with Crippen molar-refractivity contribution >= 4 is 27.6 Å². The van der Waals surface area contributed by atoms with E-state index in [2.05, 4.69) is 21.0 Å². The smallest absolute Gasteiger partial charge is 0.266 e. The largest absolute Gasteiger partial charge is 0.383 e. The van der Waals surface area contributed by atoms with E-state index >= 15 is 0 Å². The van der Waals surface area contributed by atoms with Crippen LogP contribution in [-0.2, 0) is 15.9 Å². The molecule has 2 aliphatic rings. The van der Waals surface area contributed by atoms with Crippen molar-refractivity contribution in [2.75, 3.05) is 5.73 Å². The van der Waals surface area contributed by atoms with Crippen molar-refractivity contribution in [1.82, 2.24) is 19.5 Å². The quantitative estimate of drug-likeness (QED) is 0.354. The van der Waals surface area contributed by atoms with Crippen LogP contribution >= 0.6 is 0 Å². The molecule has 192 valence electrons. The maximum absolute atomic E-state index is 15.0. The summed E-state index contributed by atoms with van der Waals surface area (Å²) in [5.41, 5.74) is 8.26. The molecule has 0 unspecified atom stereocenters. The van der Waals surface area contributed by atoms with Gasteiger partial charge in [0.1, 0.15) is 35.8 Å². The minimum atomic E-state index is -2.92. The molecule has 4 heterocycles. The van der Waals surface area contributed by atoms with Crippen LogP contribution in [-0.4, -0.2) is 37.5 Å². The van der Waals surface area contributed by atoms with Gasteiger partial charge in [-0.05, 0) is 62.4 Å². The van der Waals surface area contributed by atoms with Gasteiger partial charge in [0.25, 0.3) is 6.43 Å². The van der Waals surface area contributed by atoms with E-state index in [4.69, 9.17) is 15.2 Å². The molecule has 1 aliphatic heterocycles. The zero-order valence-electron chi connectivity index (χ0n) is 20.6. The highest BCUT2D eigenvalue weighted by Gasteiger charge is 2.50. The fourth-order valence-corrected chi connectivity index (χ4v) is 5.65. The predicted octanol–water partition coefficient (Wildman–Crippen LogP) is 5.58. The van der Waals surface area contributed by atoms with Gasteiger partial charge in [-0.15, -0.1) is 0 Å². The first-order valence-corrected chi connectivity index (χ1v) is 12.1. The van der Waals surface area contributed by atoms with Gasteiger partial charge >= 0.3 is 0 Å². The summed E-state index contributed by atoms with van der Waals surface area (Å²) in [5.74, 6) is -1.28. The number of anilines is 1. The molecule has 4 aromatic rings. The zero-order valence-corrected chi connectivity index (χ0v) is 20.6. The van der Waals surface area contributed by atoms with E-state index in [-0.39, 0.29) is 23.6 Å². The topological polar surface area (TPSA) is 88.1 Å². The van der Waals surface area contributed by atoms with Crippen molar-refractivity contribution in [3.05, 3.63) is 71.2 Å². The Balaban J connectivity index is 1.38. The van der Waals surface area contributed by atoms with E-state index in [9.17, 15) is 13.2 Å². The number of nitrogens with zero attached hydrogens (tertiary/aromatic N) is 4. The number of pyridine rings is 1. The summed E-state index contributed by atoms with van der Waals surface area (Å²) in [7, 11) is 0. The molecule has 1 aromatic carbocycles. The molecule has 7 nitrogen and oxygen atoms in total. The Labute approximate surface area is 211 Å². The monoisotopic (exact) mass is 509 g/mol. The number of benzene rings is 1. The van der Waals surface area contributed by atoms with E-state index in [0.717, 1.165) is 11.0 Å². The molecular weight excluding hydrogens is 483 g/mol. The van der Waals surface area contributed by atoms with Gasteiger partial charge in [-0.25, -0.2) is 23.1 Å². The summed E-state index contributed by atoms with van der Waals surface area (Å²) in [5, 5.41) is 1.48. The molecule has 1 fully saturated rings. The lowest BCUT2D eigenvalue weighted by molar-refractivity contribution is -0.147. The summed E-state index contributed by atoms with van der Waals surface area (Å²) in [6.45, 7) is 5.41. The predicted molar refractivity (Wildman–Crippen MR) is 133 cm³/mol. The van der Waals surface area contributed by atoms with E-state index in [1.54, 1.807) is 13.1 Å². The summed E-state index contributed by atoms with van der Waals surface area (Å²) >= 11 is 0. The van der Waals surface area contributed by atoms with Gasteiger partial charge in [-0.2, -0.15) is 0 Å². The van der Waals surface area contributed by atoms with Crippen molar-refractivity contribution < 1.29 is 22.6 Å². The van der Waals surface area contributed by atoms with Crippen LogP contribution in [0.1, 0.15) is 49.4 Å². The van der Waals surface area contributed by atoms with Crippen molar-refractivity contribution in [2.45, 2.75) is 64.1 Å². The Hall–Kier alpha value is -3.50. The number of aromatic nitrogens is 4. The number of alkyl halides is 2. The van der Waals surface area contributed by atoms with Crippen LogP contribution in [0.15, 0.2) is 48.7 Å². The number of nitrogens with two attached hydrogens (primary N) is 1. The van der Waals surface area contributed by atoms with Gasteiger partial charge in [0.2, 0.25) is 0 Å². The number of rotatable bonds is 5. The lowest BCUT2D eigenvalue weighted by atomic mass is 9.94. The molecule has 37 heavy (non-hydrogen) atoms. The average Bonchev–Trinajstić information content (AvgIpc) is 3.50. The Morgan fingerprint density at radius 3 is 2.73 bits per heavy atom. The summed E-state index contributed by atoms with van der Waals surface area (Å²) in [6, 6.07) is 2.93. The maximum atomic E-state index is 15.0. The Kier molecular flexibility index (Phi) is 5.50. The number of fused-ring (bicyclic) bond motifs is 3. The maximum Gasteiger partial charge on any atom is 0.266 e. The first kappa shape index (κ1) is 23.9. The molecule has 2 N–H and O–H groups in total. The standard InChI is InChI=1S/C27H26F3N5O2/c1-13-10-32-11-18-14(8-17(24(29)30)21(28)20(13)18)4-5-15-9-19(23-22(15)36-27(2,3)37-23)35-7-6-16-25(31)33-12-34-26(16)35/h6-12,19,22-24H,4-5H2,1-3H3,(H2,31,33,34)/t19-,22-,23+/m1/s1. The third kappa shape index (κ3) is 3.86. The minimum absolute atomic E-state index is 0.191. The number of nitrogen functional groups attached to an aromatic ring is 1. The summed E-state index contributed by atoms with van der Waals surface area (Å²) in [4.78, 5) is 12.7. The van der Waals surface area contributed by atoms with E-state index in [1.807, 2.05) is 30.7 Å². The van der Waals surface area contributed by atoms with Crippen molar-refractivity contribution in [2.24, 2.45) is 0 Å². The molecule has 10 heteroatoms. The second kappa shape index (κ2) is 8.53. The molecular formula is C27H26F3N5O2. The molecule has 0 bridgehead atoms. The summed E-state index contributed by atoms with van der Waals surface area (Å²) in [6.07, 6.45) is 5.84. The molecule has 0 amide bonds. The minimum Gasteiger partial charge on any atom is -0.383 e. The lowest BCUT2D eigenvalue weighted by Crippen LogP contribution is -2.27. The molecule has 0 spiro atoms. The highest BCUT2D eigenvalue weighted by molar-refractivity contribution is 5.89. The number of aryl methyl sites for hydroxylation is 2. The third-order valence-electron chi connectivity index (χ3n) is 7.28. The fourth-order valence-electron chi connectivity index (χ4n) is 5.65. The normalized spacial score (nSPS) is 22.8. The second-order valence-corrected chi connectivity index (χ2v) is 10.1. The molecule has 3 atom stereocenters. The number of halogens is 3. The van der Waals surface area contributed by atoms with E-state index < -0.39 is 23.6 Å². The molecule has 0 saturated carbocycles. The highest BCUT2D eigenvalue weighted by Crippen LogP contribution is 2.45. The summed E-state index contributed by atoms with van der Waals surface area (Å²) < 4.78 is 56.9. The molecule has 1 aliphatic carbocycles. The van der Waals surface area contributed by atoms with Crippen LogP contribution in [0.3, 0.4) is 0 Å². The van der Waals surface area contributed by atoms with Gasteiger partial charge in [-0.1, -0.05) is 6.08 Å². The highest BCUT2D eigenvalue weighted by atomic mass is 19.3. The van der Waals surface area contributed by atoms with Crippen LogP contribution in [0.4, 0.5) is 19.0 Å². The number of ether oxygens (including phenoxy) is 2. The number of hydrogen-bond donors (Lipinski definition) is 1. The van der Waals surface area contributed by atoms with Crippen LogP contribution in [0.2, 0.25) is 0 Å². The van der Waals surface area contributed by atoms with Crippen LogP contribution in [0, 0.1) is 12.7 Å². The molecule has 3 aromatic heterocycles. The zero-order chi connectivity index (χ0) is 26.1. The van der Waals surface area contributed by atoms with Crippen molar-refractivity contribution in [1.29, 1.82) is 0 Å². The third-order valence-corrected chi connectivity index (χ3v) is 7.28. The van der Waals surface area contributed by atoms with Gasteiger partial charge in [0, 0.05) is 29.4 Å². The van der Waals surface area contributed by atoms with Crippen LogP contribution in [0.5, 0.6) is 0 Å². The molecule has 6 rings (SSSR count). The lowest BCUT2D eigenvalue weighted by Gasteiger charge is -2.22. The van der Waals surface area contributed by atoms with E-state index in [1.165, 1.54) is 18.6 Å². The van der Waals surface area contributed by atoms with Gasteiger partial charge in [-0.3, -0.25) is 4.98 Å². The van der Waals surface area contributed by atoms with Crippen LogP contribution < -0.4 is 5.73 Å². The number of hydrogen-bond acceptors (Lipinski definition) is 6. The van der Waals surface area contributed by atoms with Crippen molar-refractivity contribution in [3.63, 3.8) is 0 Å². The Morgan fingerprint density at radius 1 is 1.14 bits per heavy atom. The Morgan fingerprint density at radius 2 is 1.95 bits per heavy atom. The molecule has 0 radical (unpaired) electrons. The SMILES string of the molecule is Cc1cncc2c(CCC3=C[C@@H](n4ccc5c(N)ncnc54)[C@@H]4OC(C)(C)O[C@H]34)cc(C(F)F)c(F)c12. The first-order chi connectivity index (χ1) is 17.6. The van der Waals surface area contributed by atoms with E-state index in [0.29, 0.717) is 40.8 Å². The van der Waals surface area contributed by atoms with Gasteiger partial charge < -0.3 is 19.8 Å². The van der Waals surface area contributed by atoms with Crippen molar-refractivity contribution in [3.8, 4) is 0 Å². The average molecular weight is 510 g/mol. The van der Waals surface area contributed by atoms with Gasteiger partial charge in [0.05, 0.1) is 17.0 Å². The fraction of sp³-hybridized carbons (Fsp3) is 0.370. The first-order valence-electron chi connectivity index (χ1n) is 12.1. The van der Waals surface area contributed by atoms with Gasteiger partial charge in [0.15, 0.2) is 5.79 Å².